The summed E-state index contributed by atoms with van der Waals surface area (Å²) in [6.45, 7) is 10.6. The first-order valence-corrected chi connectivity index (χ1v) is 28.8. The second-order valence-electron chi connectivity index (χ2n) is 21.6. The maximum absolute atomic E-state index is 12.4. The van der Waals surface area contributed by atoms with Gasteiger partial charge in [-0.2, -0.15) is 0 Å². The van der Waals surface area contributed by atoms with Gasteiger partial charge in [-0.1, -0.05) is 116 Å². The first-order chi connectivity index (χ1) is 35.5. The third-order valence-corrected chi connectivity index (χ3v) is 12.0. The average molecular weight is 1140 g/mol. The summed E-state index contributed by atoms with van der Waals surface area (Å²) in [6, 6.07) is 0. The Kier molecular flexibility index (Phi) is 60.1. The van der Waals surface area contributed by atoms with Crippen LogP contribution < -0.4 is 24.8 Å². The van der Waals surface area contributed by atoms with Gasteiger partial charge >= 0.3 is 35.8 Å². The van der Waals surface area contributed by atoms with Crippen LogP contribution in [0.4, 0.5) is 0 Å². The van der Waals surface area contributed by atoms with Gasteiger partial charge in [-0.05, 0) is 89.9 Å². The summed E-state index contributed by atoms with van der Waals surface area (Å²) in [6.07, 6.45) is 28.7. The Morgan fingerprint density at radius 3 is 1.14 bits per heavy atom. The van der Waals surface area contributed by atoms with Crippen LogP contribution in [0, 0.1) is 0 Å². The average Bonchev–Trinajstić information content (AvgIpc) is 3.33. The molecule has 18 heteroatoms. The molecule has 0 aromatic carbocycles. The van der Waals surface area contributed by atoms with E-state index in [1.54, 1.807) is 0 Å². The highest BCUT2D eigenvalue weighted by molar-refractivity contribution is 5.73. The van der Waals surface area contributed by atoms with E-state index in [-0.39, 0.29) is 80.3 Å². The molecule has 456 valence electrons. The van der Waals surface area contributed by atoms with E-state index < -0.39 is 30.4 Å². The standard InChI is InChI=1S/C29H54NO7.C25H48NO5.C5H10O2.2ClH/c1-6-7-14-19-26(37-29(34)22-17-21-28(33)36-24-23-30(2,3)4)25(31)18-15-12-10-8-9-11-13-16-20-27(32)35-5;1-6-8-10-11-12-14-16-22(27)23(17-13-9-7-2)31-25(29)19-15-18-24(28)30-21-20-26(3,4)5;1-2-3-4-5(6)7;;/h12,15,25-26,31H,6-11,13-14,16-24H2,1-5H3;12,14,22-23,27H,6-11,13,15-21H2,1-5H3;2-4H2,1H3,(H,6,7);2*1H/q2*+1;;;/p-2/b15-12-;14-12-;;;. The third-order valence-electron chi connectivity index (χ3n) is 12.0. The number of nitrogens with zero attached hydrogens (tertiary/aromatic N) is 2. The van der Waals surface area contributed by atoms with Crippen LogP contribution in [0.25, 0.3) is 0 Å². The molecule has 0 spiro atoms. The molecule has 0 heterocycles. The van der Waals surface area contributed by atoms with Crippen molar-refractivity contribution in [1.29, 1.82) is 0 Å². The van der Waals surface area contributed by atoms with Crippen LogP contribution in [0.1, 0.15) is 220 Å². The van der Waals surface area contributed by atoms with Gasteiger partial charge in [0.2, 0.25) is 0 Å². The lowest BCUT2D eigenvalue weighted by atomic mass is 10.0. The molecule has 0 radical (unpaired) electrons. The minimum Gasteiger partial charge on any atom is -1.00 e. The topological polar surface area (TPSA) is 209 Å². The van der Waals surface area contributed by atoms with Crippen molar-refractivity contribution in [2.24, 2.45) is 0 Å². The fourth-order valence-corrected chi connectivity index (χ4v) is 7.09. The second-order valence-corrected chi connectivity index (χ2v) is 21.6. The quantitative estimate of drug-likeness (QED) is 0.0237. The van der Waals surface area contributed by atoms with Crippen LogP contribution in [0.2, 0.25) is 0 Å². The van der Waals surface area contributed by atoms with Crippen LogP contribution in [-0.2, 0) is 52.5 Å². The summed E-state index contributed by atoms with van der Waals surface area (Å²) in [5.41, 5.74) is 0. The highest BCUT2D eigenvalue weighted by atomic mass is 35.5. The number of hydrogen-bond acceptors (Lipinski definition) is 13. The number of aliphatic hydroxyl groups is 2. The molecule has 16 nitrogen and oxygen atoms in total. The Bertz CT molecular complexity index is 1500. The number of hydrogen-bond donors (Lipinski definition) is 3. The number of esters is 5. The molecule has 0 aromatic heterocycles. The van der Waals surface area contributed by atoms with Crippen molar-refractivity contribution in [3.63, 3.8) is 0 Å². The fraction of sp³-hybridized carbons (Fsp3) is 0.831. The number of unbranched alkanes of at least 4 members (excludes halogenated alkanes) is 13. The molecular weight excluding hydrogens is 1030 g/mol. The van der Waals surface area contributed by atoms with Crippen molar-refractivity contribution >= 4 is 35.8 Å². The molecular formula is C59H112Cl2N2O14. The second kappa shape index (κ2) is 56.0. The van der Waals surface area contributed by atoms with Gasteiger partial charge in [0, 0.05) is 38.5 Å². The largest absolute Gasteiger partial charge is 1.00 e. The summed E-state index contributed by atoms with van der Waals surface area (Å²) in [4.78, 5) is 69.1. The Labute approximate surface area is 480 Å². The predicted octanol–water partition coefficient (Wildman–Crippen LogP) is 5.16. The van der Waals surface area contributed by atoms with Crippen LogP contribution in [0.15, 0.2) is 24.3 Å². The number of carbonyl (C=O) groups excluding carboxylic acids is 5. The van der Waals surface area contributed by atoms with Gasteiger partial charge in [-0.25, -0.2) is 0 Å². The minimum absolute atomic E-state index is 0. The van der Waals surface area contributed by atoms with Gasteiger partial charge in [-0.3, -0.25) is 28.8 Å². The van der Waals surface area contributed by atoms with E-state index >= 15 is 0 Å². The number of aliphatic carboxylic acids is 1. The van der Waals surface area contributed by atoms with E-state index in [9.17, 15) is 39.0 Å². The highest BCUT2D eigenvalue weighted by Gasteiger charge is 2.24. The number of carboxylic acids is 1. The van der Waals surface area contributed by atoms with Crippen molar-refractivity contribution < 1.29 is 102 Å². The van der Waals surface area contributed by atoms with Gasteiger partial charge in [0.05, 0.1) is 61.6 Å². The molecule has 0 fully saturated rings. The Hall–Kier alpha value is -3.28. The smallest absolute Gasteiger partial charge is 0.306 e. The van der Waals surface area contributed by atoms with Crippen LogP contribution in [-0.4, -0.2) is 160 Å². The number of likely N-dealkylation sites (N-methyl/N-ethyl adjacent to an activating group) is 2. The molecule has 0 aliphatic heterocycles. The SMILES string of the molecule is CCCCC(=O)O.CCCCC/C=C\CC(O)C(CCCCC)OC(=O)CCCC(=O)OCC[N+](C)(C)C.CCCCCC(OC(=O)CCCC(=O)OCC[N+](C)(C)C)C(O)C/C=C\CCCCCCCC(=O)OC.[Cl-].[Cl-]. The number of methoxy groups -OCH3 is 1. The zero-order chi connectivity index (χ0) is 57.2. The summed E-state index contributed by atoms with van der Waals surface area (Å²) in [7, 11) is 13.6. The van der Waals surface area contributed by atoms with E-state index in [2.05, 4.69) is 37.7 Å². The monoisotopic (exact) mass is 1140 g/mol. The number of aliphatic hydroxyl groups excluding tert-OH is 2. The van der Waals surface area contributed by atoms with E-state index in [4.69, 9.17) is 24.1 Å². The molecule has 0 aliphatic carbocycles. The Morgan fingerprint density at radius 1 is 0.429 bits per heavy atom. The first-order valence-electron chi connectivity index (χ1n) is 28.8. The van der Waals surface area contributed by atoms with E-state index in [0.717, 1.165) is 125 Å². The van der Waals surface area contributed by atoms with Gasteiger partial charge in [-0.15, -0.1) is 0 Å². The zero-order valence-corrected chi connectivity index (χ0v) is 51.7. The third kappa shape index (κ3) is 63.4. The summed E-state index contributed by atoms with van der Waals surface area (Å²) < 4.78 is 27.7. The number of carboxylic acid groups (broad SMARTS) is 1. The van der Waals surface area contributed by atoms with Gasteiger partial charge in [0.1, 0.15) is 38.5 Å². The minimum atomic E-state index is -0.740. The maximum atomic E-state index is 12.4. The fourth-order valence-electron chi connectivity index (χ4n) is 7.09. The Balaban J connectivity index is -0.000000393. The lowest BCUT2D eigenvalue weighted by molar-refractivity contribution is -0.870. The van der Waals surface area contributed by atoms with Gasteiger partial charge in [0.25, 0.3) is 0 Å². The van der Waals surface area contributed by atoms with Crippen molar-refractivity contribution in [2.45, 2.75) is 245 Å². The first kappa shape index (κ1) is 82.6. The molecule has 0 aliphatic rings. The molecule has 0 saturated heterocycles. The molecule has 0 bridgehead atoms. The summed E-state index contributed by atoms with van der Waals surface area (Å²) >= 11 is 0. The van der Waals surface area contributed by atoms with Crippen LogP contribution >= 0.6 is 0 Å². The number of quaternary nitrogens is 2. The number of rotatable bonds is 45. The zero-order valence-electron chi connectivity index (χ0n) is 50.1. The van der Waals surface area contributed by atoms with Crippen LogP contribution in [0.5, 0.6) is 0 Å². The van der Waals surface area contributed by atoms with Crippen molar-refractivity contribution in [3.05, 3.63) is 24.3 Å². The summed E-state index contributed by atoms with van der Waals surface area (Å²) in [5.74, 6) is -2.16. The van der Waals surface area contributed by atoms with E-state index in [1.165, 1.54) is 20.0 Å². The van der Waals surface area contributed by atoms with Gasteiger partial charge < -0.3 is 72.8 Å². The number of halogens is 2. The molecule has 0 amide bonds. The molecule has 4 atom stereocenters. The number of carbonyl (C=O) groups is 6. The Morgan fingerprint density at radius 2 is 0.779 bits per heavy atom. The molecule has 0 rings (SSSR count). The van der Waals surface area contributed by atoms with Crippen molar-refractivity contribution in [2.75, 3.05) is 75.7 Å². The number of ether oxygens (including phenoxy) is 5. The highest BCUT2D eigenvalue weighted by Crippen LogP contribution is 2.18. The van der Waals surface area contributed by atoms with Gasteiger partial charge in [0.15, 0.2) is 0 Å². The van der Waals surface area contributed by atoms with Crippen LogP contribution in [0.3, 0.4) is 0 Å². The normalized spacial score (nSPS) is 12.8. The molecule has 77 heavy (non-hydrogen) atoms. The number of allylic oxidation sites excluding steroid dienone is 2. The molecule has 3 N–H and O–H groups in total. The predicted molar refractivity (Wildman–Crippen MR) is 299 cm³/mol. The molecule has 0 saturated carbocycles. The molecule has 0 aromatic rings. The lowest BCUT2D eigenvalue weighted by Gasteiger charge is -2.23. The molecule has 4 unspecified atom stereocenters. The lowest BCUT2D eigenvalue weighted by Crippen LogP contribution is -3.00. The maximum Gasteiger partial charge on any atom is 0.306 e. The van der Waals surface area contributed by atoms with Crippen molar-refractivity contribution in [3.8, 4) is 0 Å². The van der Waals surface area contributed by atoms with E-state index in [0.29, 0.717) is 64.6 Å². The van der Waals surface area contributed by atoms with E-state index in [1.807, 2.05) is 61.4 Å². The summed E-state index contributed by atoms with van der Waals surface area (Å²) in [5, 5.41) is 29.2. The van der Waals surface area contributed by atoms with Crippen molar-refractivity contribution in [1.82, 2.24) is 0 Å².